The summed E-state index contributed by atoms with van der Waals surface area (Å²) in [7, 11) is 0. The van der Waals surface area contributed by atoms with Gasteiger partial charge in [-0.15, -0.1) is 11.3 Å². The molecule has 2 aromatic heterocycles. The fraction of sp³-hybridized carbons (Fsp3) is 0.167. The minimum absolute atomic E-state index is 0.0284. The highest BCUT2D eigenvalue weighted by molar-refractivity contribution is 7.16. The van der Waals surface area contributed by atoms with E-state index in [2.05, 4.69) is 5.32 Å². The fourth-order valence-electron chi connectivity index (χ4n) is 1.60. The Balaban J connectivity index is 2.35. The van der Waals surface area contributed by atoms with Gasteiger partial charge in [-0.05, 0) is 37.1 Å². The molecule has 0 spiro atoms. The Bertz CT molecular complexity index is 659. The Morgan fingerprint density at radius 1 is 1.42 bits per heavy atom. The van der Waals surface area contributed by atoms with Gasteiger partial charge >= 0.3 is 5.97 Å². The molecule has 0 atom stereocenters. The Morgan fingerprint density at radius 2 is 2.11 bits per heavy atom. The molecule has 1 amide bonds. The number of carboxylic acids is 1. The van der Waals surface area contributed by atoms with E-state index in [9.17, 15) is 9.59 Å². The molecule has 0 bridgehead atoms. The van der Waals surface area contributed by atoms with Crippen LogP contribution >= 0.6 is 22.9 Å². The van der Waals surface area contributed by atoms with Crippen LogP contribution in [0.15, 0.2) is 16.7 Å². The highest BCUT2D eigenvalue weighted by Crippen LogP contribution is 2.33. The number of carbonyl (C=O) groups is 2. The van der Waals surface area contributed by atoms with Crippen LogP contribution in [0.5, 0.6) is 0 Å². The first-order chi connectivity index (χ1) is 8.91. The number of nitrogens with one attached hydrogen (secondary N) is 1. The Kier molecular flexibility index (Phi) is 3.64. The second kappa shape index (κ2) is 5.07. The van der Waals surface area contributed by atoms with E-state index in [0.717, 1.165) is 4.88 Å². The zero-order valence-electron chi connectivity index (χ0n) is 10.1. The zero-order valence-corrected chi connectivity index (χ0v) is 11.7. The van der Waals surface area contributed by atoms with Gasteiger partial charge in [-0.1, -0.05) is 0 Å². The third-order valence-electron chi connectivity index (χ3n) is 2.69. The number of aromatic carboxylic acids is 1. The molecular formula is C12H10ClNO4S. The van der Waals surface area contributed by atoms with E-state index in [4.69, 9.17) is 21.1 Å². The number of rotatable bonds is 3. The van der Waals surface area contributed by atoms with Crippen molar-refractivity contribution >= 4 is 39.8 Å². The second-order valence-electron chi connectivity index (χ2n) is 3.85. The van der Waals surface area contributed by atoms with Crippen molar-refractivity contribution < 1.29 is 19.1 Å². The topological polar surface area (TPSA) is 79.5 Å². The third-order valence-corrected chi connectivity index (χ3v) is 4.10. The Hall–Kier alpha value is -1.79. The molecule has 5 nitrogen and oxygen atoms in total. The summed E-state index contributed by atoms with van der Waals surface area (Å²) in [5.41, 5.74) is 0.920. The number of aryl methyl sites for hydroxylation is 1. The molecule has 19 heavy (non-hydrogen) atoms. The van der Waals surface area contributed by atoms with Gasteiger partial charge in [0.1, 0.15) is 5.00 Å². The number of carbonyl (C=O) groups excluding carboxylic acids is 1. The Morgan fingerprint density at radius 3 is 2.63 bits per heavy atom. The van der Waals surface area contributed by atoms with Gasteiger partial charge in [0.05, 0.1) is 17.4 Å². The van der Waals surface area contributed by atoms with Crippen molar-refractivity contribution in [2.24, 2.45) is 0 Å². The SMILES string of the molecule is Cc1sc(NC(=O)c2ccoc2Cl)c(C(=O)O)c1C. The number of hydrogen-bond acceptors (Lipinski definition) is 4. The monoisotopic (exact) mass is 299 g/mol. The van der Waals surface area contributed by atoms with Crippen LogP contribution in [0.25, 0.3) is 0 Å². The number of carboxylic acid groups (broad SMARTS) is 1. The van der Waals surface area contributed by atoms with Crippen molar-refractivity contribution in [1.29, 1.82) is 0 Å². The van der Waals surface area contributed by atoms with Crippen LogP contribution in [-0.4, -0.2) is 17.0 Å². The normalized spacial score (nSPS) is 10.5. The molecule has 2 heterocycles. The molecule has 0 aliphatic rings. The maximum Gasteiger partial charge on any atom is 0.338 e. The van der Waals surface area contributed by atoms with Crippen LogP contribution in [-0.2, 0) is 0 Å². The predicted molar refractivity (Wildman–Crippen MR) is 72.4 cm³/mol. The van der Waals surface area contributed by atoms with E-state index >= 15 is 0 Å². The lowest BCUT2D eigenvalue weighted by Crippen LogP contribution is -2.13. The van der Waals surface area contributed by atoms with E-state index in [0.29, 0.717) is 10.6 Å². The summed E-state index contributed by atoms with van der Waals surface area (Å²) in [6, 6.07) is 1.42. The van der Waals surface area contributed by atoms with Gasteiger partial charge in [0.2, 0.25) is 5.22 Å². The summed E-state index contributed by atoms with van der Waals surface area (Å²) in [4.78, 5) is 24.0. The molecule has 0 unspecified atom stereocenters. The molecule has 0 aliphatic heterocycles. The highest BCUT2D eigenvalue weighted by Gasteiger charge is 2.22. The van der Waals surface area contributed by atoms with Crippen molar-refractivity contribution in [2.45, 2.75) is 13.8 Å². The molecule has 100 valence electrons. The lowest BCUT2D eigenvalue weighted by atomic mass is 10.1. The average Bonchev–Trinajstić information content (AvgIpc) is 2.84. The van der Waals surface area contributed by atoms with Gasteiger partial charge in [0.15, 0.2) is 0 Å². The molecule has 2 N–H and O–H groups in total. The maximum atomic E-state index is 11.9. The first-order valence-electron chi connectivity index (χ1n) is 5.29. The van der Waals surface area contributed by atoms with Gasteiger partial charge in [0, 0.05) is 4.88 Å². The number of anilines is 1. The van der Waals surface area contributed by atoms with Gasteiger partial charge in [-0.25, -0.2) is 4.79 Å². The van der Waals surface area contributed by atoms with Crippen LogP contribution in [0.4, 0.5) is 5.00 Å². The average molecular weight is 300 g/mol. The molecule has 7 heteroatoms. The molecule has 0 fully saturated rings. The lowest BCUT2D eigenvalue weighted by Gasteiger charge is -2.03. The van der Waals surface area contributed by atoms with Crippen LogP contribution in [0.2, 0.25) is 5.22 Å². The highest BCUT2D eigenvalue weighted by atomic mass is 35.5. The molecular weight excluding hydrogens is 290 g/mol. The number of halogens is 1. The quantitative estimate of drug-likeness (QED) is 0.908. The van der Waals surface area contributed by atoms with Gasteiger partial charge in [0.25, 0.3) is 5.91 Å². The molecule has 0 aromatic carbocycles. The first kappa shape index (κ1) is 13.6. The van der Waals surface area contributed by atoms with Gasteiger partial charge in [-0.3, -0.25) is 4.79 Å². The third kappa shape index (κ3) is 2.50. The van der Waals surface area contributed by atoms with Crippen molar-refractivity contribution in [3.63, 3.8) is 0 Å². The van der Waals surface area contributed by atoms with Gasteiger partial charge in [-0.2, -0.15) is 0 Å². The summed E-state index contributed by atoms with van der Waals surface area (Å²) >= 11 is 6.91. The summed E-state index contributed by atoms with van der Waals surface area (Å²) in [5, 5.41) is 12.0. The van der Waals surface area contributed by atoms with E-state index in [-0.39, 0.29) is 16.3 Å². The van der Waals surface area contributed by atoms with Crippen LogP contribution in [0, 0.1) is 13.8 Å². The molecule has 0 saturated heterocycles. The summed E-state index contributed by atoms with van der Waals surface area (Å²) in [6.07, 6.45) is 1.29. The van der Waals surface area contributed by atoms with Crippen molar-refractivity contribution in [3.05, 3.63) is 39.1 Å². The summed E-state index contributed by atoms with van der Waals surface area (Å²) < 4.78 is 4.82. The Labute approximate surface area is 117 Å². The summed E-state index contributed by atoms with van der Waals surface area (Å²) in [5.74, 6) is -1.57. The maximum absolute atomic E-state index is 11.9. The van der Waals surface area contributed by atoms with Crippen molar-refractivity contribution in [3.8, 4) is 0 Å². The molecule has 2 rings (SSSR count). The van der Waals surface area contributed by atoms with E-state index in [1.165, 1.54) is 23.7 Å². The van der Waals surface area contributed by atoms with E-state index in [1.807, 2.05) is 0 Å². The van der Waals surface area contributed by atoms with Gasteiger partial charge < -0.3 is 14.8 Å². The zero-order chi connectivity index (χ0) is 14.2. The predicted octanol–water partition coefficient (Wildman–Crippen LogP) is 3.56. The largest absolute Gasteiger partial charge is 0.478 e. The van der Waals surface area contributed by atoms with E-state index in [1.54, 1.807) is 13.8 Å². The second-order valence-corrected chi connectivity index (χ2v) is 5.42. The standard InChI is InChI=1S/C12H10ClNO4S/c1-5-6(2)19-11(8(5)12(16)17)14-10(15)7-3-4-18-9(7)13/h3-4H,1-2H3,(H,14,15)(H,16,17). The lowest BCUT2D eigenvalue weighted by molar-refractivity contribution is 0.0697. The van der Waals surface area contributed by atoms with Crippen molar-refractivity contribution in [2.75, 3.05) is 5.32 Å². The molecule has 0 saturated carbocycles. The number of furan rings is 1. The molecule has 0 aliphatic carbocycles. The first-order valence-corrected chi connectivity index (χ1v) is 6.49. The van der Waals surface area contributed by atoms with Crippen molar-refractivity contribution in [1.82, 2.24) is 0 Å². The molecule has 0 radical (unpaired) electrons. The number of hydrogen-bond donors (Lipinski definition) is 2. The summed E-state index contributed by atoms with van der Waals surface area (Å²) in [6.45, 7) is 3.50. The van der Waals surface area contributed by atoms with E-state index < -0.39 is 11.9 Å². The minimum Gasteiger partial charge on any atom is -0.478 e. The van der Waals surface area contributed by atoms with Crippen LogP contribution < -0.4 is 5.32 Å². The minimum atomic E-state index is -1.07. The number of thiophene rings is 1. The fourth-order valence-corrected chi connectivity index (χ4v) is 2.85. The smallest absolute Gasteiger partial charge is 0.338 e. The van der Waals surface area contributed by atoms with Crippen LogP contribution in [0.3, 0.4) is 0 Å². The van der Waals surface area contributed by atoms with Crippen LogP contribution in [0.1, 0.15) is 31.2 Å². The number of amides is 1. The molecule has 2 aromatic rings.